The summed E-state index contributed by atoms with van der Waals surface area (Å²) in [5, 5.41) is 3.57. The van der Waals surface area contributed by atoms with E-state index in [4.69, 9.17) is 11.6 Å². The van der Waals surface area contributed by atoms with Gasteiger partial charge in [-0.1, -0.05) is 35.9 Å². The highest BCUT2D eigenvalue weighted by molar-refractivity contribution is 6.31. The van der Waals surface area contributed by atoms with Gasteiger partial charge < -0.3 is 10.2 Å². The van der Waals surface area contributed by atoms with E-state index in [2.05, 4.69) is 10.2 Å². The fourth-order valence-electron chi connectivity index (χ4n) is 2.04. The number of amides is 1. The fourth-order valence-corrected chi connectivity index (χ4v) is 2.21. The highest BCUT2D eigenvalue weighted by atomic mass is 35.5. The van der Waals surface area contributed by atoms with Crippen molar-refractivity contribution in [2.24, 2.45) is 0 Å². The van der Waals surface area contributed by atoms with Crippen LogP contribution in [0.1, 0.15) is 12.0 Å². The third kappa shape index (κ3) is 4.23. The van der Waals surface area contributed by atoms with Gasteiger partial charge in [-0.2, -0.15) is 0 Å². The van der Waals surface area contributed by atoms with Gasteiger partial charge in [0.15, 0.2) is 0 Å². The number of para-hydroxylation sites is 1. The average molecular weight is 303 g/mol. The van der Waals surface area contributed by atoms with E-state index in [9.17, 15) is 4.79 Å². The van der Waals surface area contributed by atoms with Crippen LogP contribution in [0.2, 0.25) is 5.02 Å². The molecule has 0 aliphatic rings. The van der Waals surface area contributed by atoms with Gasteiger partial charge in [-0.3, -0.25) is 4.79 Å². The molecule has 0 aromatic heterocycles. The van der Waals surface area contributed by atoms with Crippen LogP contribution in [0.4, 0.5) is 11.4 Å². The Hall–Kier alpha value is -2.00. The van der Waals surface area contributed by atoms with Crippen molar-refractivity contribution in [2.45, 2.75) is 13.3 Å². The number of halogens is 1. The lowest BCUT2D eigenvalue weighted by Crippen LogP contribution is -2.24. The zero-order chi connectivity index (χ0) is 15.2. The molecule has 2 aromatic rings. The first kappa shape index (κ1) is 15.4. The molecule has 0 heterocycles. The van der Waals surface area contributed by atoms with Crippen LogP contribution >= 0.6 is 11.6 Å². The van der Waals surface area contributed by atoms with E-state index in [1.165, 1.54) is 0 Å². The van der Waals surface area contributed by atoms with Crippen LogP contribution in [0, 0.1) is 6.92 Å². The molecular formula is C17H19ClN2O. The second-order valence-corrected chi connectivity index (χ2v) is 5.37. The molecule has 0 saturated carbocycles. The Kier molecular flexibility index (Phi) is 5.23. The quantitative estimate of drug-likeness (QED) is 0.901. The van der Waals surface area contributed by atoms with Gasteiger partial charge in [0.1, 0.15) is 0 Å². The van der Waals surface area contributed by atoms with Crippen molar-refractivity contribution in [1.29, 1.82) is 0 Å². The lowest BCUT2D eigenvalue weighted by molar-refractivity contribution is -0.116. The molecule has 21 heavy (non-hydrogen) atoms. The van der Waals surface area contributed by atoms with E-state index >= 15 is 0 Å². The van der Waals surface area contributed by atoms with Gasteiger partial charge in [0.25, 0.3) is 0 Å². The first-order chi connectivity index (χ1) is 10.1. The maximum Gasteiger partial charge on any atom is 0.226 e. The van der Waals surface area contributed by atoms with E-state index in [1.54, 1.807) is 0 Å². The van der Waals surface area contributed by atoms with Gasteiger partial charge in [-0.25, -0.2) is 0 Å². The number of hydrogen-bond acceptors (Lipinski definition) is 2. The van der Waals surface area contributed by atoms with Gasteiger partial charge >= 0.3 is 0 Å². The maximum absolute atomic E-state index is 12.0. The summed E-state index contributed by atoms with van der Waals surface area (Å²) in [6.07, 6.45) is 0.428. The van der Waals surface area contributed by atoms with E-state index in [0.717, 1.165) is 16.9 Å². The van der Waals surface area contributed by atoms with Crippen molar-refractivity contribution < 1.29 is 4.79 Å². The Morgan fingerprint density at radius 3 is 2.57 bits per heavy atom. The molecule has 0 saturated heterocycles. The first-order valence-electron chi connectivity index (χ1n) is 6.89. The number of benzene rings is 2. The molecule has 0 aliphatic heterocycles. The molecule has 0 bridgehead atoms. The fraction of sp³-hybridized carbons (Fsp3) is 0.235. The van der Waals surface area contributed by atoms with Crippen molar-refractivity contribution >= 4 is 28.9 Å². The van der Waals surface area contributed by atoms with E-state index in [-0.39, 0.29) is 5.91 Å². The molecule has 110 valence electrons. The highest BCUT2D eigenvalue weighted by Crippen LogP contribution is 2.23. The van der Waals surface area contributed by atoms with Crippen molar-refractivity contribution in [3.63, 3.8) is 0 Å². The van der Waals surface area contributed by atoms with Gasteiger partial charge in [0, 0.05) is 36.4 Å². The Balaban J connectivity index is 1.89. The molecular weight excluding hydrogens is 284 g/mol. The van der Waals surface area contributed by atoms with Crippen LogP contribution in [0.5, 0.6) is 0 Å². The number of carbonyl (C=O) groups is 1. The molecule has 0 atom stereocenters. The Morgan fingerprint density at radius 2 is 1.86 bits per heavy atom. The van der Waals surface area contributed by atoms with Crippen molar-refractivity contribution in [2.75, 3.05) is 23.8 Å². The van der Waals surface area contributed by atoms with Gasteiger partial charge in [-0.05, 0) is 36.8 Å². The molecule has 2 rings (SSSR count). The summed E-state index contributed by atoms with van der Waals surface area (Å²) in [7, 11) is 1.98. The predicted molar refractivity (Wildman–Crippen MR) is 89.1 cm³/mol. The normalized spacial score (nSPS) is 10.2. The summed E-state index contributed by atoms with van der Waals surface area (Å²) in [5.74, 6) is -0.0110. The minimum absolute atomic E-state index is 0.0110. The molecule has 2 aromatic carbocycles. The lowest BCUT2D eigenvalue weighted by Gasteiger charge is -2.19. The van der Waals surface area contributed by atoms with Crippen LogP contribution in [0.3, 0.4) is 0 Å². The minimum atomic E-state index is -0.0110. The third-order valence-electron chi connectivity index (χ3n) is 3.41. The lowest BCUT2D eigenvalue weighted by atomic mass is 10.2. The van der Waals surface area contributed by atoms with Crippen molar-refractivity contribution in [3.8, 4) is 0 Å². The second kappa shape index (κ2) is 7.14. The summed E-state index contributed by atoms with van der Waals surface area (Å²) in [4.78, 5) is 14.1. The minimum Gasteiger partial charge on any atom is -0.374 e. The standard InChI is InChI=1S/C17H19ClN2O/c1-13-15(18)9-6-10-16(13)19-17(21)11-12-20(2)14-7-4-3-5-8-14/h3-10H,11-12H2,1-2H3,(H,19,21). The molecule has 1 N–H and O–H groups in total. The Bertz CT molecular complexity index is 613. The van der Waals surface area contributed by atoms with Gasteiger partial charge in [-0.15, -0.1) is 0 Å². The van der Waals surface area contributed by atoms with Crippen LogP contribution in [-0.2, 0) is 4.79 Å². The molecule has 0 spiro atoms. The number of anilines is 2. The largest absolute Gasteiger partial charge is 0.374 e. The molecule has 0 fully saturated rings. The number of rotatable bonds is 5. The second-order valence-electron chi connectivity index (χ2n) is 4.97. The Labute approximate surface area is 130 Å². The van der Waals surface area contributed by atoms with E-state index in [1.807, 2.05) is 62.5 Å². The summed E-state index contributed by atoms with van der Waals surface area (Å²) >= 11 is 6.05. The SMILES string of the molecule is Cc1c(Cl)cccc1NC(=O)CCN(C)c1ccccc1. The van der Waals surface area contributed by atoms with Gasteiger partial charge in [0.2, 0.25) is 5.91 Å². The summed E-state index contributed by atoms with van der Waals surface area (Å²) in [5.41, 5.74) is 2.77. The van der Waals surface area contributed by atoms with Crippen molar-refractivity contribution in [1.82, 2.24) is 0 Å². The smallest absolute Gasteiger partial charge is 0.226 e. The third-order valence-corrected chi connectivity index (χ3v) is 3.82. The Morgan fingerprint density at radius 1 is 1.14 bits per heavy atom. The van der Waals surface area contributed by atoms with Crippen LogP contribution in [0.25, 0.3) is 0 Å². The topological polar surface area (TPSA) is 32.3 Å². The number of hydrogen-bond donors (Lipinski definition) is 1. The first-order valence-corrected chi connectivity index (χ1v) is 7.27. The molecule has 4 heteroatoms. The van der Waals surface area contributed by atoms with E-state index in [0.29, 0.717) is 18.0 Å². The van der Waals surface area contributed by atoms with Crippen molar-refractivity contribution in [3.05, 3.63) is 59.1 Å². The molecule has 3 nitrogen and oxygen atoms in total. The number of nitrogens with zero attached hydrogens (tertiary/aromatic N) is 1. The highest BCUT2D eigenvalue weighted by Gasteiger charge is 2.08. The van der Waals surface area contributed by atoms with E-state index < -0.39 is 0 Å². The zero-order valence-electron chi connectivity index (χ0n) is 12.3. The average Bonchev–Trinajstić information content (AvgIpc) is 2.50. The van der Waals surface area contributed by atoms with Crippen LogP contribution in [0.15, 0.2) is 48.5 Å². The molecule has 0 unspecified atom stereocenters. The number of nitrogens with one attached hydrogen (secondary N) is 1. The zero-order valence-corrected chi connectivity index (χ0v) is 13.0. The molecule has 0 aliphatic carbocycles. The molecule has 1 amide bonds. The predicted octanol–water partition coefficient (Wildman–Crippen LogP) is 4.11. The monoisotopic (exact) mass is 302 g/mol. The maximum atomic E-state index is 12.0. The number of carbonyl (C=O) groups excluding carboxylic acids is 1. The van der Waals surface area contributed by atoms with Crippen LogP contribution < -0.4 is 10.2 Å². The summed E-state index contributed by atoms with van der Waals surface area (Å²) in [6.45, 7) is 2.56. The van der Waals surface area contributed by atoms with Crippen LogP contribution in [-0.4, -0.2) is 19.5 Å². The molecule has 0 radical (unpaired) electrons. The summed E-state index contributed by atoms with van der Waals surface area (Å²) < 4.78 is 0. The van der Waals surface area contributed by atoms with Gasteiger partial charge in [0.05, 0.1) is 0 Å². The summed E-state index contributed by atoms with van der Waals surface area (Å²) in [6, 6.07) is 15.5.